The predicted molar refractivity (Wildman–Crippen MR) is 205 cm³/mol. The van der Waals surface area contributed by atoms with Crippen molar-refractivity contribution >= 4 is 27.0 Å². The Balaban J connectivity index is -0.000000299. The number of hydrogen-bond donors (Lipinski definition) is 1. The van der Waals surface area contributed by atoms with E-state index in [4.69, 9.17) is 14.5 Å². The molecule has 8 nitrogen and oxygen atoms in total. The molecule has 1 N–H and O–H groups in total. The van der Waals surface area contributed by atoms with E-state index in [1.54, 1.807) is 0 Å². The first kappa shape index (κ1) is 50.8. The molecule has 0 saturated heterocycles. The van der Waals surface area contributed by atoms with Gasteiger partial charge in [0.25, 0.3) is 0 Å². The third-order valence-electron chi connectivity index (χ3n) is 6.35. The van der Waals surface area contributed by atoms with Crippen LogP contribution in [0.1, 0.15) is 125 Å². The molecule has 47 heavy (non-hydrogen) atoms. The third-order valence-corrected chi connectivity index (χ3v) is 8.50. The van der Waals surface area contributed by atoms with Gasteiger partial charge in [-0.1, -0.05) is 101 Å². The molecule has 2 aliphatic carbocycles. The first-order chi connectivity index (χ1) is 19.5. The molecule has 2 fully saturated rings. The number of fused-ring (bicyclic) bond motifs is 1. The van der Waals surface area contributed by atoms with Gasteiger partial charge in [0.2, 0.25) is 15.9 Å². The Morgan fingerprint density at radius 1 is 0.745 bits per heavy atom. The van der Waals surface area contributed by atoms with Gasteiger partial charge in [0.15, 0.2) is 0 Å². The summed E-state index contributed by atoms with van der Waals surface area (Å²) in [6, 6.07) is 17.9. The van der Waals surface area contributed by atoms with E-state index in [0.717, 1.165) is 48.0 Å². The van der Waals surface area contributed by atoms with Crippen LogP contribution in [0.5, 0.6) is 5.88 Å². The number of ether oxygens (including phenoxy) is 2. The fourth-order valence-electron chi connectivity index (χ4n) is 4.18. The summed E-state index contributed by atoms with van der Waals surface area (Å²) >= 11 is 0. The van der Waals surface area contributed by atoms with Crippen molar-refractivity contribution in [1.29, 1.82) is 0 Å². The molecule has 9 heteroatoms. The molecule has 2 saturated carbocycles. The minimum absolute atomic E-state index is 0. The fourth-order valence-corrected chi connectivity index (χ4v) is 5.79. The molecule has 5 rings (SSSR count). The Labute approximate surface area is 289 Å². The maximum absolute atomic E-state index is 11.1. The molecule has 2 aliphatic rings. The quantitative estimate of drug-likeness (QED) is 0.236. The van der Waals surface area contributed by atoms with Crippen LogP contribution in [0.4, 0.5) is 0 Å². The molecule has 0 amide bonds. The normalized spacial score (nSPS) is 13.4. The average Bonchev–Trinajstić information content (AvgIpc) is 3.67. The van der Waals surface area contributed by atoms with Crippen LogP contribution in [-0.2, 0) is 19.6 Å². The highest BCUT2D eigenvalue weighted by atomic mass is 32.2. The topological polar surface area (TPSA) is 107 Å². The summed E-state index contributed by atoms with van der Waals surface area (Å²) in [6.07, 6.45) is 6.53. The van der Waals surface area contributed by atoms with Crippen LogP contribution < -0.4 is 9.46 Å². The van der Waals surface area contributed by atoms with Crippen molar-refractivity contribution < 1.29 is 22.7 Å². The van der Waals surface area contributed by atoms with Crippen molar-refractivity contribution in [2.75, 3.05) is 0 Å². The lowest BCUT2D eigenvalue weighted by Gasteiger charge is -2.13. The zero-order valence-corrected chi connectivity index (χ0v) is 26.0. The second kappa shape index (κ2) is 24.2. The summed E-state index contributed by atoms with van der Waals surface area (Å²) in [5.74, 6) is 0.567. The van der Waals surface area contributed by atoms with Crippen LogP contribution >= 0.6 is 0 Å². The Bertz CT molecular complexity index is 1350. The molecule has 0 radical (unpaired) electrons. The van der Waals surface area contributed by atoms with Crippen LogP contribution in [0.3, 0.4) is 0 Å². The summed E-state index contributed by atoms with van der Waals surface area (Å²) in [7, 11) is -2.94. The minimum atomic E-state index is -2.94. The SMILES string of the molecule is C.C.C.C.C.C.CC(C)C(=O)OC1CCCC1.CC(C)NS(=O)(=O)C1CC1.CC(C)Oc1nc2ccccc2nc1-c1ccccc1. The molecule has 0 atom stereocenters. The number of rotatable bonds is 8. The van der Waals surface area contributed by atoms with Gasteiger partial charge >= 0.3 is 5.97 Å². The molecule has 0 bridgehead atoms. The maximum atomic E-state index is 11.1. The number of carbonyl (C=O) groups excluding carboxylic acids is 1. The van der Waals surface area contributed by atoms with Gasteiger partial charge in [0.05, 0.1) is 28.3 Å². The summed E-state index contributed by atoms with van der Waals surface area (Å²) in [5, 5.41) is -0.0881. The monoisotopic (exact) mass is 679 g/mol. The zero-order chi connectivity index (χ0) is 30.0. The lowest BCUT2D eigenvalue weighted by Crippen LogP contribution is -2.32. The zero-order valence-electron chi connectivity index (χ0n) is 25.2. The number of benzene rings is 2. The highest BCUT2D eigenvalue weighted by Gasteiger charge is 2.35. The van der Waals surface area contributed by atoms with E-state index in [2.05, 4.69) is 9.71 Å². The van der Waals surface area contributed by atoms with Gasteiger partial charge in [-0.15, -0.1) is 0 Å². The van der Waals surface area contributed by atoms with Crippen LogP contribution in [0.25, 0.3) is 22.3 Å². The molecule has 0 aliphatic heterocycles. The highest BCUT2D eigenvalue weighted by Crippen LogP contribution is 2.29. The Morgan fingerprint density at radius 3 is 1.68 bits per heavy atom. The van der Waals surface area contributed by atoms with Crippen molar-refractivity contribution in [3.63, 3.8) is 0 Å². The second-order valence-electron chi connectivity index (χ2n) is 11.4. The fraction of sp³-hybridized carbons (Fsp3) is 0.605. The molecule has 0 spiro atoms. The number of nitrogens with one attached hydrogen (secondary N) is 1. The summed E-state index contributed by atoms with van der Waals surface area (Å²) in [6.45, 7) is 11.4. The molecule has 1 heterocycles. The molecular weight excluding hydrogens is 611 g/mol. The van der Waals surface area contributed by atoms with E-state index in [9.17, 15) is 13.2 Å². The lowest BCUT2D eigenvalue weighted by molar-refractivity contribution is -0.152. The van der Waals surface area contributed by atoms with Gasteiger partial charge in [-0.3, -0.25) is 4.79 Å². The molecule has 1 aromatic heterocycles. The second-order valence-corrected chi connectivity index (χ2v) is 13.4. The Kier molecular flexibility index (Phi) is 26.1. The van der Waals surface area contributed by atoms with Gasteiger partial charge in [-0.05, 0) is 78.4 Å². The standard InChI is InChI=1S/C17H16N2O.C9H16O2.C6H13NO2S.6CH4/c1-12(2)20-17-16(13-8-4-3-5-9-13)18-14-10-6-7-11-15(14)19-17;1-7(2)9(10)11-8-5-3-4-6-8;1-5(2)7-10(8,9)6-3-4-6;;;;;;/h3-12H,1-2H3;7-8H,3-6H2,1-2H3;5-7H,3-4H2,1-2H3;6*1H4. The number of aromatic nitrogens is 2. The minimum Gasteiger partial charge on any atom is -0.473 e. The number of esters is 1. The van der Waals surface area contributed by atoms with E-state index < -0.39 is 10.0 Å². The van der Waals surface area contributed by atoms with Gasteiger partial charge in [-0.2, -0.15) is 0 Å². The molecule has 272 valence electrons. The molecule has 0 unspecified atom stereocenters. The summed E-state index contributed by atoms with van der Waals surface area (Å²) in [4.78, 5) is 20.4. The predicted octanol–water partition coefficient (Wildman–Crippen LogP) is 10.5. The summed E-state index contributed by atoms with van der Waals surface area (Å²) in [5.41, 5.74) is 3.53. The van der Waals surface area contributed by atoms with Crippen LogP contribution in [0, 0.1) is 5.92 Å². The highest BCUT2D eigenvalue weighted by molar-refractivity contribution is 7.90. The van der Waals surface area contributed by atoms with E-state index in [1.807, 2.05) is 96.1 Å². The van der Waals surface area contributed by atoms with Gasteiger partial charge < -0.3 is 9.47 Å². The number of sulfonamides is 1. The van der Waals surface area contributed by atoms with E-state index in [0.29, 0.717) is 5.88 Å². The first-order valence-electron chi connectivity index (χ1n) is 14.7. The van der Waals surface area contributed by atoms with Crippen molar-refractivity contribution in [2.24, 2.45) is 5.92 Å². The lowest BCUT2D eigenvalue weighted by atomic mass is 10.1. The van der Waals surface area contributed by atoms with Crippen molar-refractivity contribution in [3.8, 4) is 17.1 Å². The number of carbonyl (C=O) groups is 1. The molecule has 2 aromatic carbocycles. The number of hydrogen-bond acceptors (Lipinski definition) is 7. The number of para-hydroxylation sites is 2. The van der Waals surface area contributed by atoms with Gasteiger partial charge in [-0.25, -0.2) is 23.1 Å². The Morgan fingerprint density at radius 2 is 1.23 bits per heavy atom. The van der Waals surface area contributed by atoms with Crippen LogP contribution in [-0.4, -0.2) is 47.9 Å². The van der Waals surface area contributed by atoms with E-state index >= 15 is 0 Å². The van der Waals surface area contributed by atoms with Crippen molar-refractivity contribution in [2.45, 2.75) is 148 Å². The largest absolute Gasteiger partial charge is 0.473 e. The number of nitrogens with zero attached hydrogens (tertiary/aromatic N) is 2. The average molecular weight is 680 g/mol. The van der Waals surface area contributed by atoms with Crippen LogP contribution in [0.15, 0.2) is 54.6 Å². The Hall–Kier alpha value is -3.04. The molecule has 3 aromatic rings. The maximum Gasteiger partial charge on any atom is 0.308 e. The first-order valence-corrected chi connectivity index (χ1v) is 16.2. The van der Waals surface area contributed by atoms with Crippen molar-refractivity contribution in [1.82, 2.24) is 14.7 Å². The van der Waals surface area contributed by atoms with E-state index in [1.165, 1.54) is 12.8 Å². The van der Waals surface area contributed by atoms with Crippen molar-refractivity contribution in [3.05, 3.63) is 54.6 Å². The van der Waals surface area contributed by atoms with Crippen LogP contribution in [0.2, 0.25) is 0 Å². The summed E-state index contributed by atoms with van der Waals surface area (Å²) < 4.78 is 35.8. The molecular formula is C38H69N3O5S. The van der Waals surface area contributed by atoms with Gasteiger partial charge in [0.1, 0.15) is 11.8 Å². The van der Waals surface area contributed by atoms with E-state index in [-0.39, 0.29) is 79.9 Å². The van der Waals surface area contributed by atoms with Gasteiger partial charge in [0, 0.05) is 11.6 Å². The smallest absolute Gasteiger partial charge is 0.308 e. The third kappa shape index (κ3) is 17.1.